The summed E-state index contributed by atoms with van der Waals surface area (Å²) in [5.41, 5.74) is 7.36. The number of aromatic nitrogens is 2. The average molecular weight is 899 g/mol. The predicted molar refractivity (Wildman–Crippen MR) is 217 cm³/mol. The first-order valence-electron chi connectivity index (χ1n) is 19.8. The molecule has 1 aliphatic heterocycles. The summed E-state index contributed by atoms with van der Waals surface area (Å²) in [5, 5.41) is 2.21. The third-order valence-electron chi connectivity index (χ3n) is 11.5. The van der Waals surface area contributed by atoms with Crippen LogP contribution in [0, 0.1) is 26.0 Å². The molecule has 2 aromatic heterocycles. The average Bonchev–Trinajstić information content (AvgIpc) is 3.63. The van der Waals surface area contributed by atoms with Crippen LogP contribution in [0.15, 0.2) is 77.9 Å². The normalized spacial score (nSPS) is 20.9. The van der Waals surface area contributed by atoms with E-state index in [1.807, 2.05) is 58.2 Å². The first kappa shape index (κ1) is 35.5. The molecular formula is C48H51N3O2Pt. The summed E-state index contributed by atoms with van der Waals surface area (Å²) in [7, 11) is 0. The molecular weight excluding hydrogens is 846 g/mol. The quantitative estimate of drug-likeness (QED) is 0.162. The van der Waals surface area contributed by atoms with Crippen molar-refractivity contribution in [3.05, 3.63) is 130 Å². The monoisotopic (exact) mass is 898 g/mol. The van der Waals surface area contributed by atoms with E-state index in [4.69, 9.17) is 19.5 Å². The summed E-state index contributed by atoms with van der Waals surface area (Å²) in [4.78, 5) is 10.1. The van der Waals surface area contributed by atoms with Gasteiger partial charge in [0, 0.05) is 32.3 Å². The fourth-order valence-corrected chi connectivity index (χ4v) is 7.71. The molecule has 3 heterocycles. The maximum atomic E-state index is 9.40. The Morgan fingerprint density at radius 2 is 1.57 bits per heavy atom. The maximum Gasteiger partial charge on any atom is 2.00 e. The Morgan fingerprint density at radius 1 is 0.852 bits per heavy atom. The van der Waals surface area contributed by atoms with Crippen molar-refractivity contribution in [2.24, 2.45) is 4.99 Å². The van der Waals surface area contributed by atoms with Gasteiger partial charge in [-0.1, -0.05) is 103 Å². The van der Waals surface area contributed by atoms with Crippen LogP contribution in [0.5, 0.6) is 11.5 Å². The summed E-state index contributed by atoms with van der Waals surface area (Å²) in [6.07, 6.45) is 0.117. The second-order valence-electron chi connectivity index (χ2n) is 17.7. The van der Waals surface area contributed by atoms with Crippen molar-refractivity contribution in [3.8, 4) is 17.3 Å². The minimum absolute atomic E-state index is 0. The van der Waals surface area contributed by atoms with Crippen LogP contribution in [-0.4, -0.2) is 21.0 Å². The first-order valence-corrected chi connectivity index (χ1v) is 18.8. The number of hydrogen-bond donors (Lipinski definition) is 0. The van der Waals surface area contributed by atoms with E-state index in [-0.39, 0.29) is 37.8 Å². The second-order valence-corrected chi connectivity index (χ2v) is 17.7. The summed E-state index contributed by atoms with van der Waals surface area (Å²) in [6, 6.07) is 30.3. The van der Waals surface area contributed by atoms with Crippen LogP contribution in [0.3, 0.4) is 0 Å². The third-order valence-corrected chi connectivity index (χ3v) is 11.5. The van der Waals surface area contributed by atoms with Gasteiger partial charge in [-0.05, 0) is 101 Å². The van der Waals surface area contributed by atoms with Gasteiger partial charge in [0.2, 0.25) is 0 Å². The fourth-order valence-electron chi connectivity index (χ4n) is 7.71. The number of ether oxygens (including phenoxy) is 2. The van der Waals surface area contributed by atoms with E-state index in [9.17, 15) is 2.74 Å². The molecule has 1 aliphatic carbocycles. The summed E-state index contributed by atoms with van der Waals surface area (Å²) in [5.74, 6) is 2.42. The van der Waals surface area contributed by atoms with Crippen LogP contribution < -0.4 is 4.74 Å². The SMILES string of the molecule is [2H]C1([2H])c2c(ccc(C)c2C)[C@@]2(C)N=C(c3[c-]c(Oc4[c-]c5c(cc4)c4cc(C(C)(C)C)ccc4n5-c4cc(C(C)(C)C)ccn4)cc(C(C)C)c3)O[C@@]12C.[Pt+2]. The van der Waals surface area contributed by atoms with Crippen LogP contribution in [0.25, 0.3) is 27.6 Å². The van der Waals surface area contributed by atoms with E-state index in [1.54, 1.807) is 0 Å². The molecule has 54 heavy (non-hydrogen) atoms. The molecule has 2 aliphatic rings. The zero-order valence-corrected chi connectivity index (χ0v) is 35.8. The van der Waals surface area contributed by atoms with Crippen LogP contribution in [0.1, 0.15) is 122 Å². The molecule has 5 nitrogen and oxygen atoms in total. The Morgan fingerprint density at radius 3 is 2.28 bits per heavy atom. The number of hydrogen-bond acceptors (Lipinski definition) is 4. The number of fused-ring (bicyclic) bond motifs is 6. The molecule has 6 heteroatoms. The number of aryl methyl sites for hydroxylation is 1. The third kappa shape index (κ3) is 6.12. The van der Waals surface area contributed by atoms with Crippen molar-refractivity contribution >= 4 is 27.7 Å². The van der Waals surface area contributed by atoms with Gasteiger partial charge in [-0.3, -0.25) is 4.99 Å². The molecule has 6 aromatic rings. The number of pyridine rings is 1. The molecule has 2 atom stereocenters. The zero-order chi connectivity index (χ0) is 39.6. The van der Waals surface area contributed by atoms with Gasteiger partial charge in [-0.2, -0.15) is 6.07 Å². The molecule has 280 valence electrons. The molecule has 0 unspecified atom stereocenters. The van der Waals surface area contributed by atoms with Crippen molar-refractivity contribution in [1.29, 1.82) is 0 Å². The summed E-state index contributed by atoms with van der Waals surface area (Å²) >= 11 is 0. The Bertz CT molecular complexity index is 2590. The Hall–Kier alpha value is -4.21. The molecule has 0 radical (unpaired) electrons. The van der Waals surface area contributed by atoms with Crippen molar-refractivity contribution in [3.63, 3.8) is 0 Å². The topological polar surface area (TPSA) is 48.6 Å². The molecule has 0 N–H and O–H groups in total. The Labute approximate surface area is 338 Å². The smallest absolute Gasteiger partial charge is 0.511 e. The van der Waals surface area contributed by atoms with E-state index in [2.05, 4.69) is 115 Å². The molecule has 0 bridgehead atoms. The minimum Gasteiger partial charge on any atom is -0.511 e. The maximum absolute atomic E-state index is 9.40. The number of benzene rings is 4. The molecule has 0 saturated heterocycles. The van der Waals surface area contributed by atoms with Crippen LogP contribution in [0.4, 0.5) is 0 Å². The van der Waals surface area contributed by atoms with Crippen LogP contribution >= 0.6 is 0 Å². The van der Waals surface area contributed by atoms with Gasteiger partial charge in [0.25, 0.3) is 0 Å². The van der Waals surface area contributed by atoms with E-state index < -0.39 is 17.5 Å². The van der Waals surface area contributed by atoms with E-state index in [0.29, 0.717) is 28.5 Å². The number of rotatable bonds is 5. The summed E-state index contributed by atoms with van der Waals surface area (Å²) in [6.45, 7) is 25.5. The molecule has 0 saturated carbocycles. The first-order chi connectivity index (χ1) is 25.6. The molecule has 0 amide bonds. The van der Waals surface area contributed by atoms with Crippen molar-refractivity contribution < 1.29 is 33.3 Å². The Kier molecular flexibility index (Phi) is 8.50. The van der Waals surface area contributed by atoms with Gasteiger partial charge in [-0.15, -0.1) is 29.1 Å². The van der Waals surface area contributed by atoms with Gasteiger partial charge in [0.1, 0.15) is 22.9 Å². The minimum atomic E-state index is -1.77. The molecule has 8 rings (SSSR count). The number of nitrogens with zero attached hydrogens (tertiary/aromatic N) is 3. The number of aliphatic imine (C=N–C) groups is 1. The van der Waals surface area contributed by atoms with Crippen molar-refractivity contribution in [2.75, 3.05) is 0 Å². The molecule has 0 fully saturated rings. The van der Waals surface area contributed by atoms with Gasteiger partial charge in [0.15, 0.2) is 0 Å². The molecule has 4 aromatic carbocycles. The standard InChI is InChI=1S/C48H51N3O2.Pt/c1-28(2)31-21-32(44-50-48(12)40-17-13-29(3)30(4)39(40)27-47(48,11)53-44)23-36(22-31)52-35-15-16-37-38-24-33(45(5,6)7)14-18-41(38)51(42(37)26-35)43-25-34(19-20-49-43)46(8,9)10;/h13-22,24-25,28H,27H2,1-12H3;/q-2;+2/t47-,48+;/m0./s1/i27D2;. The van der Waals surface area contributed by atoms with Gasteiger partial charge in [-0.25, -0.2) is 4.98 Å². The van der Waals surface area contributed by atoms with Gasteiger partial charge < -0.3 is 14.0 Å². The van der Waals surface area contributed by atoms with Gasteiger partial charge in [0.05, 0.1) is 0 Å². The predicted octanol–water partition coefficient (Wildman–Crippen LogP) is 11.9. The van der Waals surface area contributed by atoms with E-state index in [0.717, 1.165) is 49.9 Å². The van der Waals surface area contributed by atoms with Crippen molar-refractivity contribution in [1.82, 2.24) is 9.55 Å². The van der Waals surface area contributed by atoms with Gasteiger partial charge >= 0.3 is 21.1 Å². The fraction of sp³-hybridized carbons (Fsp3) is 0.375. The zero-order valence-electron chi connectivity index (χ0n) is 35.5. The van der Waals surface area contributed by atoms with E-state index >= 15 is 0 Å². The Balaban J connectivity index is 0.00000480. The van der Waals surface area contributed by atoms with E-state index in [1.165, 1.54) is 11.1 Å². The molecule has 0 spiro atoms. The largest absolute Gasteiger partial charge is 2.00 e. The second kappa shape index (κ2) is 12.9. The summed E-state index contributed by atoms with van der Waals surface area (Å²) < 4.78 is 34.3. The van der Waals surface area contributed by atoms with Crippen LogP contribution in [0.2, 0.25) is 0 Å². The van der Waals surface area contributed by atoms with Crippen molar-refractivity contribution in [2.45, 2.75) is 117 Å². The van der Waals surface area contributed by atoms with Crippen LogP contribution in [-0.2, 0) is 48.5 Å².